The van der Waals surface area contributed by atoms with E-state index in [9.17, 15) is 5.11 Å². The summed E-state index contributed by atoms with van der Waals surface area (Å²) in [6.07, 6.45) is 4.25. The summed E-state index contributed by atoms with van der Waals surface area (Å²) in [7, 11) is 0. The second-order valence-electron chi connectivity index (χ2n) is 4.67. The third-order valence-electron chi connectivity index (χ3n) is 3.78. The first kappa shape index (κ1) is 12.0. The van der Waals surface area contributed by atoms with Gasteiger partial charge in [-0.05, 0) is 25.7 Å². The Morgan fingerprint density at radius 3 is 2.29 bits per heavy atom. The summed E-state index contributed by atoms with van der Waals surface area (Å²) in [5.74, 6) is 0. The first-order valence-corrected chi connectivity index (χ1v) is 5.75. The Labute approximate surface area is 87.1 Å². The molecule has 1 rings (SSSR count). The molecule has 14 heavy (non-hydrogen) atoms. The molecule has 0 radical (unpaired) electrons. The minimum atomic E-state index is 0.0830. The van der Waals surface area contributed by atoms with Crippen molar-refractivity contribution >= 4 is 0 Å². The van der Waals surface area contributed by atoms with Crippen molar-refractivity contribution in [3.05, 3.63) is 0 Å². The number of nitrogens with two attached hydrogens (primary N) is 1. The molecular formula is C11H24N2O. The highest BCUT2D eigenvalue weighted by Crippen LogP contribution is 2.26. The molecule has 1 aliphatic rings. The van der Waals surface area contributed by atoms with Crippen LogP contribution in [0.4, 0.5) is 0 Å². The van der Waals surface area contributed by atoms with E-state index in [-0.39, 0.29) is 12.0 Å². The third kappa shape index (κ3) is 2.69. The Bertz CT molecular complexity index is 154. The molecule has 1 fully saturated rings. The molecule has 0 spiro atoms. The molecule has 0 heterocycles. The molecule has 0 unspecified atom stereocenters. The average Bonchev–Trinajstić information content (AvgIpc) is 2.17. The Kier molecular flexibility index (Phi) is 4.35. The molecule has 0 amide bonds. The molecule has 0 aliphatic heterocycles. The van der Waals surface area contributed by atoms with Crippen molar-refractivity contribution < 1.29 is 5.11 Å². The van der Waals surface area contributed by atoms with Crippen LogP contribution in [0.2, 0.25) is 0 Å². The molecule has 0 aromatic heterocycles. The van der Waals surface area contributed by atoms with Crippen LogP contribution in [0.15, 0.2) is 0 Å². The molecule has 3 nitrogen and oxygen atoms in total. The highest BCUT2D eigenvalue weighted by molar-refractivity contribution is 4.90. The van der Waals surface area contributed by atoms with Gasteiger partial charge < -0.3 is 16.2 Å². The summed E-state index contributed by atoms with van der Waals surface area (Å²) >= 11 is 0. The fourth-order valence-corrected chi connectivity index (χ4v) is 1.97. The fraction of sp³-hybridized carbons (Fsp3) is 1.00. The Hall–Kier alpha value is -0.120. The highest BCUT2D eigenvalue weighted by Gasteiger charge is 2.30. The summed E-state index contributed by atoms with van der Waals surface area (Å²) in [6.45, 7) is 5.50. The van der Waals surface area contributed by atoms with Gasteiger partial charge in [-0.15, -0.1) is 0 Å². The summed E-state index contributed by atoms with van der Waals surface area (Å²) in [4.78, 5) is 0. The van der Waals surface area contributed by atoms with Gasteiger partial charge in [0.05, 0.1) is 0 Å². The number of nitrogens with one attached hydrogen (secondary N) is 1. The maximum absolute atomic E-state index is 9.37. The van der Waals surface area contributed by atoms with Crippen molar-refractivity contribution in [1.29, 1.82) is 0 Å². The van der Waals surface area contributed by atoms with E-state index in [2.05, 4.69) is 19.2 Å². The largest absolute Gasteiger partial charge is 0.396 e. The Balaban J connectivity index is 2.26. The number of aliphatic hydroxyl groups is 1. The van der Waals surface area contributed by atoms with Crippen molar-refractivity contribution in [1.82, 2.24) is 5.32 Å². The molecule has 1 aliphatic carbocycles. The fourth-order valence-electron chi connectivity index (χ4n) is 1.97. The minimum Gasteiger partial charge on any atom is -0.396 e. The van der Waals surface area contributed by atoms with E-state index in [1.807, 2.05) is 0 Å². The number of rotatable bonds is 6. The zero-order valence-corrected chi connectivity index (χ0v) is 9.42. The van der Waals surface area contributed by atoms with E-state index in [1.54, 1.807) is 0 Å². The maximum Gasteiger partial charge on any atom is 0.0499 e. The van der Waals surface area contributed by atoms with Crippen LogP contribution in [0.3, 0.4) is 0 Å². The van der Waals surface area contributed by atoms with Crippen LogP contribution >= 0.6 is 0 Å². The van der Waals surface area contributed by atoms with Crippen molar-refractivity contribution in [3.63, 3.8) is 0 Å². The molecule has 4 N–H and O–H groups in total. The predicted octanol–water partition coefficient (Wildman–Crippen LogP) is 0.864. The summed E-state index contributed by atoms with van der Waals surface area (Å²) in [5.41, 5.74) is 5.80. The van der Waals surface area contributed by atoms with Crippen LogP contribution in [0.1, 0.15) is 39.5 Å². The highest BCUT2D eigenvalue weighted by atomic mass is 16.3. The molecule has 0 aromatic carbocycles. The van der Waals surface area contributed by atoms with Gasteiger partial charge >= 0.3 is 0 Å². The zero-order chi connectivity index (χ0) is 10.6. The summed E-state index contributed by atoms with van der Waals surface area (Å²) < 4.78 is 0. The number of hydrogen-bond acceptors (Lipinski definition) is 3. The van der Waals surface area contributed by atoms with Gasteiger partial charge in [0.25, 0.3) is 0 Å². The second-order valence-corrected chi connectivity index (χ2v) is 4.67. The average molecular weight is 200 g/mol. The van der Waals surface area contributed by atoms with E-state index < -0.39 is 0 Å². The lowest BCUT2D eigenvalue weighted by atomic mass is 9.81. The van der Waals surface area contributed by atoms with Crippen molar-refractivity contribution in [2.45, 2.75) is 51.6 Å². The number of aliphatic hydroxyl groups excluding tert-OH is 1. The lowest BCUT2D eigenvalue weighted by Crippen LogP contribution is -2.51. The third-order valence-corrected chi connectivity index (χ3v) is 3.78. The molecule has 0 bridgehead atoms. The zero-order valence-electron chi connectivity index (χ0n) is 9.42. The SMILES string of the molecule is CCC(CC)(CO)CNC1CC(N)C1. The normalized spacial score (nSPS) is 27.4. The van der Waals surface area contributed by atoms with Crippen molar-refractivity contribution in [2.24, 2.45) is 11.1 Å². The van der Waals surface area contributed by atoms with Gasteiger partial charge in [0.1, 0.15) is 0 Å². The molecule has 3 heteroatoms. The quantitative estimate of drug-likeness (QED) is 0.596. The van der Waals surface area contributed by atoms with Gasteiger partial charge in [-0.2, -0.15) is 0 Å². The Morgan fingerprint density at radius 2 is 1.93 bits per heavy atom. The van der Waals surface area contributed by atoms with E-state index >= 15 is 0 Å². The van der Waals surface area contributed by atoms with Crippen molar-refractivity contribution in [3.8, 4) is 0 Å². The van der Waals surface area contributed by atoms with E-state index in [1.165, 1.54) is 0 Å². The van der Waals surface area contributed by atoms with Crippen LogP contribution < -0.4 is 11.1 Å². The van der Waals surface area contributed by atoms with Crippen LogP contribution in [0, 0.1) is 5.41 Å². The van der Waals surface area contributed by atoms with Gasteiger partial charge in [0, 0.05) is 30.7 Å². The van der Waals surface area contributed by atoms with Crippen LogP contribution in [-0.2, 0) is 0 Å². The van der Waals surface area contributed by atoms with Crippen LogP contribution in [0.25, 0.3) is 0 Å². The number of hydrogen-bond donors (Lipinski definition) is 3. The standard InChI is InChI=1S/C11H24N2O/c1-3-11(4-2,8-14)7-13-10-5-9(12)6-10/h9-10,13-14H,3-8,12H2,1-2H3. The minimum absolute atomic E-state index is 0.0830. The molecule has 0 atom stereocenters. The van der Waals surface area contributed by atoms with E-state index in [0.717, 1.165) is 32.2 Å². The monoisotopic (exact) mass is 200 g/mol. The van der Waals surface area contributed by atoms with Gasteiger partial charge in [-0.3, -0.25) is 0 Å². The van der Waals surface area contributed by atoms with Crippen LogP contribution in [-0.4, -0.2) is 30.3 Å². The Morgan fingerprint density at radius 1 is 1.36 bits per heavy atom. The first-order chi connectivity index (χ1) is 6.65. The molecule has 1 saturated carbocycles. The van der Waals surface area contributed by atoms with Crippen molar-refractivity contribution in [2.75, 3.05) is 13.2 Å². The maximum atomic E-state index is 9.37. The smallest absolute Gasteiger partial charge is 0.0499 e. The van der Waals surface area contributed by atoms with E-state index in [4.69, 9.17) is 5.73 Å². The summed E-state index contributed by atoms with van der Waals surface area (Å²) in [6, 6.07) is 0.994. The lowest BCUT2D eigenvalue weighted by molar-refractivity contribution is 0.103. The first-order valence-electron chi connectivity index (χ1n) is 5.75. The molecule has 0 aromatic rings. The molecule has 0 saturated heterocycles. The van der Waals surface area contributed by atoms with Gasteiger partial charge in [0.15, 0.2) is 0 Å². The summed E-state index contributed by atoms with van der Waals surface area (Å²) in [5, 5.41) is 12.9. The lowest BCUT2D eigenvalue weighted by Gasteiger charge is -2.37. The second kappa shape index (κ2) is 5.10. The van der Waals surface area contributed by atoms with Gasteiger partial charge in [-0.25, -0.2) is 0 Å². The molecular weight excluding hydrogens is 176 g/mol. The topological polar surface area (TPSA) is 58.3 Å². The van der Waals surface area contributed by atoms with Gasteiger partial charge in [-0.1, -0.05) is 13.8 Å². The predicted molar refractivity (Wildman–Crippen MR) is 59.1 cm³/mol. The van der Waals surface area contributed by atoms with E-state index in [0.29, 0.717) is 12.1 Å². The van der Waals surface area contributed by atoms with Crippen LogP contribution in [0.5, 0.6) is 0 Å². The van der Waals surface area contributed by atoms with Gasteiger partial charge in [0.2, 0.25) is 0 Å². The molecule has 84 valence electrons.